The molecule has 0 unspecified atom stereocenters. The third-order valence-electron chi connectivity index (χ3n) is 6.19. The Morgan fingerprint density at radius 1 is 0.946 bits per heavy atom. The second kappa shape index (κ2) is 11.0. The number of rotatable bonds is 8. The monoisotopic (exact) mass is 490 g/mol. The van der Waals surface area contributed by atoms with Gasteiger partial charge in [-0.25, -0.2) is 19.9 Å². The Balaban J connectivity index is 1.27. The standard InChI is InChI=1S/C29H30N8/c1-21(19-23-9-7-12-25(20-23)37-18-8-15-30-22(37)2)33-29-32-17-14-27(35-29)36(3)26-13-16-31-28(34-26)24-10-5-4-6-11-24/h4-17,20-21H,18-19H2,1-3H3,(H,32,33,35)/t21-/m0/s1. The van der Waals surface area contributed by atoms with Gasteiger partial charge in [-0.15, -0.1) is 0 Å². The van der Waals surface area contributed by atoms with Gasteiger partial charge in [-0.05, 0) is 56.2 Å². The van der Waals surface area contributed by atoms with Crippen LogP contribution in [-0.4, -0.2) is 45.4 Å². The maximum absolute atomic E-state index is 4.75. The summed E-state index contributed by atoms with van der Waals surface area (Å²) < 4.78 is 0. The van der Waals surface area contributed by atoms with Gasteiger partial charge in [-0.1, -0.05) is 42.5 Å². The number of hydrogen-bond acceptors (Lipinski definition) is 8. The Labute approximate surface area is 217 Å². The van der Waals surface area contributed by atoms with E-state index in [2.05, 4.69) is 62.4 Å². The molecule has 2 aromatic heterocycles. The molecule has 0 amide bonds. The fraction of sp³-hybridized carbons (Fsp3) is 0.207. The quantitative estimate of drug-likeness (QED) is 0.349. The number of hydrogen-bond donors (Lipinski definition) is 1. The number of anilines is 4. The average Bonchev–Trinajstić information content (AvgIpc) is 2.94. The fourth-order valence-corrected chi connectivity index (χ4v) is 4.27. The summed E-state index contributed by atoms with van der Waals surface area (Å²) in [6, 6.07) is 22.4. The molecule has 2 aromatic carbocycles. The van der Waals surface area contributed by atoms with E-state index in [1.165, 1.54) is 5.56 Å². The second-order valence-corrected chi connectivity index (χ2v) is 8.99. The summed E-state index contributed by atoms with van der Waals surface area (Å²) in [6.45, 7) is 5.00. The van der Waals surface area contributed by atoms with E-state index < -0.39 is 0 Å². The van der Waals surface area contributed by atoms with Crippen molar-refractivity contribution in [2.45, 2.75) is 26.3 Å². The Hall–Kier alpha value is -4.59. The highest BCUT2D eigenvalue weighted by Crippen LogP contribution is 2.24. The lowest BCUT2D eigenvalue weighted by Gasteiger charge is -2.25. The molecule has 0 bridgehead atoms. The predicted molar refractivity (Wildman–Crippen MR) is 150 cm³/mol. The highest BCUT2D eigenvalue weighted by molar-refractivity contribution is 5.97. The van der Waals surface area contributed by atoms with Crippen LogP contribution in [0.3, 0.4) is 0 Å². The highest BCUT2D eigenvalue weighted by atomic mass is 15.3. The van der Waals surface area contributed by atoms with Crippen LogP contribution in [0.5, 0.6) is 0 Å². The first-order chi connectivity index (χ1) is 18.1. The molecule has 0 spiro atoms. The summed E-state index contributed by atoms with van der Waals surface area (Å²) in [7, 11) is 1.94. The lowest BCUT2D eigenvalue weighted by atomic mass is 10.1. The molecule has 186 valence electrons. The van der Waals surface area contributed by atoms with Crippen molar-refractivity contribution in [1.29, 1.82) is 0 Å². The molecule has 37 heavy (non-hydrogen) atoms. The van der Waals surface area contributed by atoms with Crippen LogP contribution in [0.2, 0.25) is 0 Å². The summed E-state index contributed by atoms with van der Waals surface area (Å²) in [4.78, 5) is 26.9. The molecular formula is C29H30N8. The van der Waals surface area contributed by atoms with Gasteiger partial charge in [0.15, 0.2) is 5.82 Å². The first kappa shape index (κ1) is 24.1. The Morgan fingerprint density at radius 2 is 1.73 bits per heavy atom. The van der Waals surface area contributed by atoms with Crippen LogP contribution in [0, 0.1) is 0 Å². The average molecular weight is 491 g/mol. The molecule has 4 aromatic rings. The van der Waals surface area contributed by atoms with E-state index in [1.807, 2.05) is 67.5 Å². The van der Waals surface area contributed by atoms with Crippen molar-refractivity contribution in [2.24, 2.45) is 4.99 Å². The third-order valence-corrected chi connectivity index (χ3v) is 6.19. The summed E-state index contributed by atoms with van der Waals surface area (Å²) in [6.07, 6.45) is 8.30. The molecule has 0 fully saturated rings. The van der Waals surface area contributed by atoms with Crippen molar-refractivity contribution in [3.8, 4) is 11.4 Å². The maximum atomic E-state index is 4.75. The van der Waals surface area contributed by atoms with Gasteiger partial charge >= 0.3 is 0 Å². The SMILES string of the molecule is CC1=NC=CCN1c1cccc(C[C@H](C)Nc2nccc(N(C)c3ccnc(-c4ccccc4)n3)n2)c1. The number of aliphatic imine (C=N–C) groups is 1. The minimum Gasteiger partial charge on any atom is -0.351 e. The first-order valence-corrected chi connectivity index (χ1v) is 12.3. The molecular weight excluding hydrogens is 460 g/mol. The van der Waals surface area contributed by atoms with Crippen LogP contribution in [0.1, 0.15) is 19.4 Å². The fourth-order valence-electron chi connectivity index (χ4n) is 4.27. The lowest BCUT2D eigenvalue weighted by molar-refractivity contribution is 0.776. The first-order valence-electron chi connectivity index (χ1n) is 12.3. The van der Waals surface area contributed by atoms with Crippen LogP contribution in [0.4, 0.5) is 23.3 Å². The second-order valence-electron chi connectivity index (χ2n) is 8.99. The number of benzene rings is 2. The van der Waals surface area contributed by atoms with Crippen LogP contribution in [-0.2, 0) is 6.42 Å². The summed E-state index contributed by atoms with van der Waals surface area (Å²) in [5.74, 6) is 3.76. The van der Waals surface area contributed by atoms with E-state index in [1.54, 1.807) is 12.4 Å². The van der Waals surface area contributed by atoms with E-state index in [0.717, 1.165) is 41.7 Å². The van der Waals surface area contributed by atoms with Crippen molar-refractivity contribution < 1.29 is 0 Å². The van der Waals surface area contributed by atoms with Crippen LogP contribution in [0.25, 0.3) is 11.4 Å². The molecule has 0 radical (unpaired) electrons. The molecule has 1 N–H and O–H groups in total. The van der Waals surface area contributed by atoms with Crippen molar-refractivity contribution in [1.82, 2.24) is 19.9 Å². The lowest BCUT2D eigenvalue weighted by Crippen LogP contribution is -2.30. The number of nitrogens with zero attached hydrogens (tertiary/aromatic N) is 7. The molecule has 1 atom stereocenters. The van der Waals surface area contributed by atoms with E-state index >= 15 is 0 Å². The zero-order valence-corrected chi connectivity index (χ0v) is 21.3. The minimum atomic E-state index is 0.135. The summed E-state index contributed by atoms with van der Waals surface area (Å²) in [5, 5.41) is 3.45. The summed E-state index contributed by atoms with van der Waals surface area (Å²) >= 11 is 0. The van der Waals surface area contributed by atoms with Gasteiger partial charge in [0.25, 0.3) is 0 Å². The zero-order valence-electron chi connectivity index (χ0n) is 21.3. The molecule has 0 saturated heterocycles. The summed E-state index contributed by atoms with van der Waals surface area (Å²) in [5.41, 5.74) is 3.36. The smallest absolute Gasteiger partial charge is 0.224 e. The van der Waals surface area contributed by atoms with Crippen molar-refractivity contribution in [3.05, 3.63) is 97.0 Å². The Bertz CT molecular complexity index is 1420. The molecule has 8 nitrogen and oxygen atoms in total. The van der Waals surface area contributed by atoms with E-state index in [0.29, 0.717) is 11.8 Å². The molecule has 5 rings (SSSR count). The largest absolute Gasteiger partial charge is 0.351 e. The minimum absolute atomic E-state index is 0.135. The van der Waals surface area contributed by atoms with E-state index in [-0.39, 0.29) is 6.04 Å². The highest BCUT2D eigenvalue weighted by Gasteiger charge is 2.14. The van der Waals surface area contributed by atoms with E-state index in [9.17, 15) is 0 Å². The number of aromatic nitrogens is 4. The van der Waals surface area contributed by atoms with E-state index in [4.69, 9.17) is 9.97 Å². The predicted octanol–water partition coefficient (Wildman–Crippen LogP) is 5.50. The van der Waals surface area contributed by atoms with Crippen LogP contribution in [0.15, 0.2) is 96.4 Å². The van der Waals surface area contributed by atoms with Gasteiger partial charge in [0, 0.05) is 49.5 Å². The van der Waals surface area contributed by atoms with Gasteiger partial charge in [0.2, 0.25) is 5.95 Å². The van der Waals surface area contributed by atoms with Crippen molar-refractivity contribution in [2.75, 3.05) is 28.7 Å². The molecule has 0 saturated carbocycles. The molecule has 1 aliphatic rings. The zero-order chi connectivity index (χ0) is 25.6. The molecule has 0 aliphatic carbocycles. The Morgan fingerprint density at radius 3 is 2.54 bits per heavy atom. The molecule has 8 heteroatoms. The normalized spacial score (nSPS) is 13.7. The maximum Gasteiger partial charge on any atom is 0.224 e. The van der Waals surface area contributed by atoms with Gasteiger partial charge in [0.05, 0.1) is 0 Å². The van der Waals surface area contributed by atoms with Gasteiger partial charge in [-0.2, -0.15) is 4.98 Å². The molecule has 1 aliphatic heterocycles. The topological polar surface area (TPSA) is 82.4 Å². The van der Waals surface area contributed by atoms with Gasteiger partial charge in [0.1, 0.15) is 17.5 Å². The third kappa shape index (κ3) is 5.81. The molecule has 3 heterocycles. The van der Waals surface area contributed by atoms with Gasteiger partial charge < -0.3 is 15.1 Å². The van der Waals surface area contributed by atoms with Crippen LogP contribution < -0.4 is 15.1 Å². The van der Waals surface area contributed by atoms with Crippen LogP contribution >= 0.6 is 0 Å². The number of amidine groups is 1. The number of nitrogens with one attached hydrogen (secondary N) is 1. The Kier molecular flexibility index (Phi) is 7.16. The van der Waals surface area contributed by atoms with Crippen molar-refractivity contribution >= 4 is 29.1 Å². The van der Waals surface area contributed by atoms with Crippen molar-refractivity contribution in [3.63, 3.8) is 0 Å². The van der Waals surface area contributed by atoms with Gasteiger partial charge in [-0.3, -0.25) is 0 Å².